The Kier molecular flexibility index (Phi) is 9.68. The highest BCUT2D eigenvalue weighted by Gasteiger charge is 2.19. The van der Waals surface area contributed by atoms with Gasteiger partial charge in [0.25, 0.3) is 0 Å². The molecule has 1 aromatic carbocycles. The summed E-state index contributed by atoms with van der Waals surface area (Å²) in [5, 5.41) is 11.3. The van der Waals surface area contributed by atoms with Gasteiger partial charge in [-0.05, 0) is 17.7 Å². The summed E-state index contributed by atoms with van der Waals surface area (Å²) in [4.78, 5) is 2.78. The van der Waals surface area contributed by atoms with Crippen molar-refractivity contribution in [1.29, 1.82) is 0 Å². The summed E-state index contributed by atoms with van der Waals surface area (Å²) in [7, 11) is 1.49. The van der Waals surface area contributed by atoms with E-state index in [-0.39, 0.29) is 36.6 Å². The van der Waals surface area contributed by atoms with Crippen LogP contribution in [0.1, 0.15) is 17.2 Å². The van der Waals surface area contributed by atoms with Crippen molar-refractivity contribution < 1.29 is 38.6 Å². The Bertz CT molecular complexity index is 716. The van der Waals surface area contributed by atoms with Gasteiger partial charge in [0.05, 0.1) is 12.7 Å². The molecule has 0 aliphatic heterocycles. The number of aromatic nitrogens is 1. The maximum Gasteiger partial charge on any atom is 0.387 e. The van der Waals surface area contributed by atoms with Gasteiger partial charge in [0.1, 0.15) is 16.7 Å². The number of H-pyrrole nitrogens is 1. The number of rotatable bonds is 9. The Morgan fingerprint density at radius 3 is 2.37 bits per heavy atom. The summed E-state index contributed by atoms with van der Waals surface area (Å²) in [6, 6.07) is 4.23. The van der Waals surface area contributed by atoms with Gasteiger partial charge in [0, 0.05) is 19.1 Å². The van der Waals surface area contributed by atoms with Crippen LogP contribution in [0.25, 0.3) is 0 Å². The topological polar surface area (TPSA) is 92.1 Å². The molecule has 3 N–H and O–H groups in total. The number of ether oxygens (including phenoxy) is 3. The van der Waals surface area contributed by atoms with Crippen molar-refractivity contribution in [2.75, 3.05) is 20.3 Å². The van der Waals surface area contributed by atoms with Crippen LogP contribution in [0.15, 0.2) is 30.6 Å². The molecule has 0 aliphatic carbocycles. The van der Waals surface area contributed by atoms with E-state index in [0.717, 1.165) is 0 Å². The van der Waals surface area contributed by atoms with Crippen LogP contribution in [0.4, 0.5) is 8.78 Å². The molecule has 2 rings (SSSR count). The number of aliphatic hydroxyl groups is 1. The summed E-state index contributed by atoms with van der Waals surface area (Å²) in [6.07, 6.45) is 2.26. The van der Waals surface area contributed by atoms with Gasteiger partial charge in [0.15, 0.2) is 23.9 Å². The predicted octanol–water partition coefficient (Wildman–Crippen LogP) is 3.53. The van der Waals surface area contributed by atoms with Crippen LogP contribution in [-0.4, -0.2) is 37.5 Å². The van der Waals surface area contributed by atoms with Crippen molar-refractivity contribution in [3.05, 3.63) is 51.8 Å². The van der Waals surface area contributed by atoms with E-state index in [0.29, 0.717) is 21.2 Å². The van der Waals surface area contributed by atoms with Crippen LogP contribution in [0.3, 0.4) is 0 Å². The average molecular weight is 426 g/mol. The molecule has 0 unspecified atom stereocenters. The molecule has 2 aromatic rings. The minimum Gasteiger partial charge on any atom is -0.870 e. The molecule has 1 aromatic heterocycles. The molecule has 0 bridgehead atoms. The lowest BCUT2D eigenvalue weighted by Crippen LogP contribution is -2.10. The Morgan fingerprint density at radius 2 is 1.78 bits per heavy atom. The van der Waals surface area contributed by atoms with E-state index >= 15 is 0 Å². The monoisotopic (exact) mass is 425 g/mol. The van der Waals surface area contributed by atoms with Crippen molar-refractivity contribution in [3.63, 3.8) is 0 Å². The fraction of sp³-hybridized carbons (Fsp3) is 0.353. The Labute approximate surface area is 164 Å². The summed E-state index contributed by atoms with van der Waals surface area (Å²) >= 11 is 12.2. The van der Waals surface area contributed by atoms with Gasteiger partial charge in [-0.2, -0.15) is 8.78 Å². The van der Waals surface area contributed by atoms with E-state index in [1.165, 1.54) is 25.3 Å². The highest BCUT2D eigenvalue weighted by molar-refractivity contribution is 6.35. The third-order valence-electron chi connectivity index (χ3n) is 3.51. The normalized spacial score (nSPS) is 11.8. The Hall–Kier alpha value is -1.71. The van der Waals surface area contributed by atoms with E-state index in [2.05, 4.69) is 9.72 Å². The summed E-state index contributed by atoms with van der Waals surface area (Å²) in [5.74, 6) is -0.0464. The van der Waals surface area contributed by atoms with Crippen LogP contribution < -0.4 is 14.5 Å². The molecule has 150 valence electrons. The number of aliphatic hydroxyl groups excluding tert-OH is 1. The number of nitrogens with one attached hydrogen (secondary N) is 1. The highest BCUT2D eigenvalue weighted by Crippen LogP contribution is 2.34. The fourth-order valence-corrected chi connectivity index (χ4v) is 2.79. The first kappa shape index (κ1) is 23.3. The van der Waals surface area contributed by atoms with Gasteiger partial charge in [-0.3, -0.25) is 0 Å². The Morgan fingerprint density at radius 1 is 1.11 bits per heavy atom. The first-order chi connectivity index (χ1) is 12.4. The minimum atomic E-state index is -2.99. The summed E-state index contributed by atoms with van der Waals surface area (Å²) < 4.78 is 39.8. The van der Waals surface area contributed by atoms with Crippen molar-refractivity contribution in [2.45, 2.75) is 19.1 Å². The third kappa shape index (κ3) is 6.75. The molecular formula is C17H19Cl2F2NO5. The van der Waals surface area contributed by atoms with Crippen molar-refractivity contribution in [3.8, 4) is 11.5 Å². The average Bonchev–Trinajstić information content (AvgIpc) is 2.59. The van der Waals surface area contributed by atoms with Gasteiger partial charge in [-0.1, -0.05) is 29.3 Å². The summed E-state index contributed by atoms with van der Waals surface area (Å²) in [6.45, 7) is -2.58. The van der Waals surface area contributed by atoms with E-state index in [4.69, 9.17) is 32.7 Å². The van der Waals surface area contributed by atoms with Crippen molar-refractivity contribution in [1.82, 2.24) is 0 Å². The van der Waals surface area contributed by atoms with Gasteiger partial charge in [-0.15, -0.1) is 0 Å². The number of halogens is 4. The first-order valence-electron chi connectivity index (χ1n) is 7.65. The van der Waals surface area contributed by atoms with Crippen LogP contribution in [0, 0.1) is 0 Å². The molecule has 0 spiro atoms. The highest BCUT2D eigenvalue weighted by atomic mass is 35.5. The second kappa shape index (κ2) is 11.2. The standard InChI is InChI=1S/C17H17Cl2F2NO4.H2O/c1-24-4-5-25-16-6-10(2-3-15(16)26-17(20)21)14(23)7-11-12(18)8-22-9-13(11)19;/h2-3,6,8-9,14,17,23H,4-5,7H2,1H3;1H2/t14-;/m0./s1. The third-order valence-corrected chi connectivity index (χ3v) is 4.18. The molecule has 1 atom stereocenters. The second-order valence-electron chi connectivity index (χ2n) is 5.28. The number of hydrogen-bond acceptors (Lipinski definition) is 5. The van der Waals surface area contributed by atoms with Crippen molar-refractivity contribution in [2.24, 2.45) is 0 Å². The first-order valence-corrected chi connectivity index (χ1v) is 8.40. The molecule has 0 fully saturated rings. The van der Waals surface area contributed by atoms with Gasteiger partial charge >= 0.3 is 6.61 Å². The van der Waals surface area contributed by atoms with E-state index in [9.17, 15) is 13.9 Å². The summed E-state index contributed by atoms with van der Waals surface area (Å²) in [5.41, 5.74) is 1.01. The molecule has 0 saturated carbocycles. The maximum absolute atomic E-state index is 12.5. The molecule has 27 heavy (non-hydrogen) atoms. The van der Waals surface area contributed by atoms with Crippen LogP contribution in [0.2, 0.25) is 10.0 Å². The zero-order valence-electron chi connectivity index (χ0n) is 14.3. The largest absolute Gasteiger partial charge is 0.870 e. The molecule has 0 radical (unpaired) electrons. The molecule has 6 nitrogen and oxygen atoms in total. The van der Waals surface area contributed by atoms with E-state index in [1.807, 2.05) is 0 Å². The molecule has 0 aliphatic rings. The van der Waals surface area contributed by atoms with Crippen molar-refractivity contribution >= 4 is 23.2 Å². The number of alkyl halides is 2. The molecule has 0 amide bonds. The maximum atomic E-state index is 12.5. The fourth-order valence-electron chi connectivity index (χ4n) is 2.26. The van der Waals surface area contributed by atoms with Gasteiger partial charge in [0.2, 0.25) is 0 Å². The lowest BCUT2D eigenvalue weighted by Gasteiger charge is -2.16. The number of hydrogen-bond donors (Lipinski definition) is 1. The zero-order valence-corrected chi connectivity index (χ0v) is 15.8. The minimum absolute atomic E-state index is 0. The van der Waals surface area contributed by atoms with Gasteiger partial charge in [-0.25, -0.2) is 4.98 Å². The smallest absolute Gasteiger partial charge is 0.387 e. The van der Waals surface area contributed by atoms with Gasteiger partial charge < -0.3 is 24.8 Å². The molecule has 1 heterocycles. The number of pyridine rings is 1. The van der Waals surface area contributed by atoms with Crippen LogP contribution >= 0.6 is 23.2 Å². The number of benzene rings is 1. The molecule has 10 heteroatoms. The van der Waals surface area contributed by atoms with E-state index in [1.54, 1.807) is 12.4 Å². The zero-order chi connectivity index (χ0) is 19.1. The van der Waals surface area contributed by atoms with Crippen LogP contribution in [-0.2, 0) is 11.2 Å². The van der Waals surface area contributed by atoms with E-state index < -0.39 is 12.7 Å². The number of methoxy groups -OCH3 is 1. The second-order valence-corrected chi connectivity index (χ2v) is 6.09. The predicted molar refractivity (Wildman–Crippen MR) is 94.1 cm³/mol. The SMILES string of the molecule is COCCOc1cc([C@@H](O)Cc2c(Cl)c[nH+]cc2Cl)ccc1OC(F)F.[OH-]. The van der Waals surface area contributed by atoms with Crippen LogP contribution in [0.5, 0.6) is 11.5 Å². The number of aromatic amines is 1. The molecule has 0 saturated heterocycles. The lowest BCUT2D eigenvalue weighted by atomic mass is 10.0. The quantitative estimate of drug-likeness (QED) is 0.620. The Balaban J connectivity index is 0.00000364. The lowest BCUT2D eigenvalue weighted by molar-refractivity contribution is -0.377. The molecular weight excluding hydrogens is 407 g/mol.